The van der Waals surface area contributed by atoms with Crippen LogP contribution < -0.4 is 9.62 Å². The number of amides is 1. The summed E-state index contributed by atoms with van der Waals surface area (Å²) in [7, 11) is -3.33. The fourth-order valence-electron chi connectivity index (χ4n) is 3.18. The van der Waals surface area contributed by atoms with E-state index in [4.69, 9.17) is 11.6 Å². The number of nitrogens with zero attached hydrogens (tertiary/aromatic N) is 1. The van der Waals surface area contributed by atoms with Gasteiger partial charge in [-0.3, -0.25) is 9.10 Å². The van der Waals surface area contributed by atoms with Gasteiger partial charge in [-0.15, -0.1) is 0 Å². The van der Waals surface area contributed by atoms with Crippen LogP contribution in [-0.2, 0) is 23.0 Å². The van der Waals surface area contributed by atoms with Crippen LogP contribution in [0.15, 0.2) is 42.5 Å². The molecule has 0 bridgehead atoms. The Hall–Kier alpha value is -2.05. The van der Waals surface area contributed by atoms with Gasteiger partial charge in [0.25, 0.3) is 5.91 Å². The van der Waals surface area contributed by atoms with Crippen molar-refractivity contribution in [2.24, 2.45) is 0 Å². The van der Waals surface area contributed by atoms with Gasteiger partial charge in [-0.2, -0.15) is 0 Å². The standard InChI is InChI=1S/C18H19ClN2O3S/c1-12-8-15-10-14(6-7-17(15)21(12)25(2,23)24)18(22)20-11-13-4-3-5-16(19)9-13/h3-7,9-10,12H,8,11H2,1-2H3,(H,20,22)/t12-/m0/s1. The Labute approximate surface area is 152 Å². The number of anilines is 1. The SMILES string of the molecule is C[C@H]1Cc2cc(C(=O)NCc3cccc(Cl)c3)ccc2N1S(C)(=O)=O. The van der Waals surface area contributed by atoms with E-state index in [1.807, 2.05) is 19.1 Å². The lowest BCUT2D eigenvalue weighted by Gasteiger charge is -2.21. The first-order valence-electron chi connectivity index (χ1n) is 7.90. The summed E-state index contributed by atoms with van der Waals surface area (Å²) in [5.74, 6) is -0.201. The Balaban J connectivity index is 1.76. The summed E-state index contributed by atoms with van der Waals surface area (Å²) in [6.45, 7) is 2.24. The smallest absolute Gasteiger partial charge is 0.251 e. The van der Waals surface area contributed by atoms with Crippen LogP contribution in [0.25, 0.3) is 0 Å². The molecule has 0 radical (unpaired) electrons. The van der Waals surface area contributed by atoms with Crippen molar-refractivity contribution in [2.45, 2.75) is 25.9 Å². The number of rotatable bonds is 4. The normalized spacial score (nSPS) is 16.6. The zero-order valence-corrected chi connectivity index (χ0v) is 15.6. The van der Waals surface area contributed by atoms with E-state index < -0.39 is 10.0 Å². The molecule has 0 unspecified atom stereocenters. The summed E-state index contributed by atoms with van der Waals surface area (Å²) in [5.41, 5.74) is 2.96. The number of sulfonamides is 1. The van der Waals surface area contributed by atoms with Crippen molar-refractivity contribution in [3.63, 3.8) is 0 Å². The van der Waals surface area contributed by atoms with Crippen LogP contribution in [0.2, 0.25) is 5.02 Å². The second-order valence-electron chi connectivity index (χ2n) is 6.27. The molecular formula is C18H19ClN2O3S. The lowest BCUT2D eigenvalue weighted by atomic mass is 10.1. The van der Waals surface area contributed by atoms with Crippen LogP contribution in [0, 0.1) is 0 Å². The van der Waals surface area contributed by atoms with Crippen molar-refractivity contribution in [1.82, 2.24) is 5.32 Å². The van der Waals surface area contributed by atoms with E-state index in [0.717, 1.165) is 11.1 Å². The molecule has 1 heterocycles. The third-order valence-corrected chi connectivity index (χ3v) is 5.70. The molecule has 1 aliphatic heterocycles. The maximum Gasteiger partial charge on any atom is 0.251 e. The molecule has 0 aliphatic carbocycles. The van der Waals surface area contributed by atoms with Gasteiger partial charge in [0.2, 0.25) is 10.0 Å². The molecule has 132 valence electrons. The summed E-state index contributed by atoms with van der Waals surface area (Å²) >= 11 is 5.94. The molecule has 3 rings (SSSR count). The summed E-state index contributed by atoms with van der Waals surface area (Å²) in [5, 5.41) is 3.48. The fraction of sp³-hybridized carbons (Fsp3) is 0.278. The Bertz CT molecular complexity index is 928. The predicted octanol–water partition coefficient (Wildman–Crippen LogP) is 2.98. The van der Waals surface area contributed by atoms with E-state index in [1.165, 1.54) is 10.6 Å². The Kier molecular flexibility index (Phi) is 4.75. The van der Waals surface area contributed by atoms with Crippen molar-refractivity contribution < 1.29 is 13.2 Å². The van der Waals surface area contributed by atoms with Crippen molar-refractivity contribution in [3.8, 4) is 0 Å². The second kappa shape index (κ2) is 6.69. The van der Waals surface area contributed by atoms with E-state index in [1.54, 1.807) is 30.3 Å². The first kappa shape index (κ1) is 17.8. The molecule has 0 fully saturated rings. The number of fused-ring (bicyclic) bond motifs is 1. The van der Waals surface area contributed by atoms with Crippen LogP contribution in [0.4, 0.5) is 5.69 Å². The number of halogens is 1. The number of nitrogens with one attached hydrogen (secondary N) is 1. The highest BCUT2D eigenvalue weighted by molar-refractivity contribution is 7.92. The largest absolute Gasteiger partial charge is 0.348 e. The van der Waals surface area contributed by atoms with E-state index in [0.29, 0.717) is 29.2 Å². The fourth-order valence-corrected chi connectivity index (χ4v) is 4.66. The van der Waals surface area contributed by atoms with Gasteiger partial charge in [0, 0.05) is 23.2 Å². The van der Waals surface area contributed by atoms with Crippen LogP contribution in [0.3, 0.4) is 0 Å². The number of hydrogen-bond acceptors (Lipinski definition) is 3. The van der Waals surface area contributed by atoms with Gasteiger partial charge in [0.15, 0.2) is 0 Å². The number of carbonyl (C=O) groups is 1. The van der Waals surface area contributed by atoms with Gasteiger partial charge in [0.1, 0.15) is 0 Å². The lowest BCUT2D eigenvalue weighted by molar-refractivity contribution is 0.0951. The maximum absolute atomic E-state index is 12.4. The second-order valence-corrected chi connectivity index (χ2v) is 8.56. The van der Waals surface area contributed by atoms with Crippen LogP contribution in [0.5, 0.6) is 0 Å². The summed E-state index contributed by atoms with van der Waals surface area (Å²) in [4.78, 5) is 12.4. The average molecular weight is 379 g/mol. The summed E-state index contributed by atoms with van der Waals surface area (Å²) in [6.07, 6.45) is 1.79. The van der Waals surface area contributed by atoms with Gasteiger partial charge in [-0.25, -0.2) is 8.42 Å². The molecule has 2 aromatic rings. The van der Waals surface area contributed by atoms with Crippen LogP contribution in [0.1, 0.15) is 28.4 Å². The third kappa shape index (κ3) is 3.80. The lowest BCUT2D eigenvalue weighted by Crippen LogP contribution is -2.34. The minimum Gasteiger partial charge on any atom is -0.348 e. The molecule has 2 aromatic carbocycles. The minimum atomic E-state index is -3.33. The molecule has 0 spiro atoms. The van der Waals surface area contributed by atoms with Crippen molar-refractivity contribution in [3.05, 3.63) is 64.2 Å². The molecule has 1 amide bonds. The first-order chi connectivity index (χ1) is 11.8. The first-order valence-corrected chi connectivity index (χ1v) is 10.1. The summed E-state index contributed by atoms with van der Waals surface area (Å²) in [6, 6.07) is 12.3. The molecule has 1 atom stereocenters. The van der Waals surface area contributed by atoms with Gasteiger partial charge in [-0.1, -0.05) is 23.7 Å². The van der Waals surface area contributed by atoms with Gasteiger partial charge < -0.3 is 5.32 Å². The van der Waals surface area contributed by atoms with E-state index >= 15 is 0 Å². The molecule has 0 saturated carbocycles. The van der Waals surface area contributed by atoms with Gasteiger partial charge >= 0.3 is 0 Å². The van der Waals surface area contributed by atoms with Crippen molar-refractivity contribution in [2.75, 3.05) is 10.6 Å². The highest BCUT2D eigenvalue weighted by Gasteiger charge is 2.32. The topological polar surface area (TPSA) is 66.5 Å². The average Bonchev–Trinajstić information content (AvgIpc) is 2.87. The third-order valence-electron chi connectivity index (χ3n) is 4.19. The highest BCUT2D eigenvalue weighted by atomic mass is 35.5. The minimum absolute atomic E-state index is 0.144. The van der Waals surface area contributed by atoms with E-state index in [2.05, 4.69) is 5.32 Å². The zero-order valence-electron chi connectivity index (χ0n) is 14.0. The summed E-state index contributed by atoms with van der Waals surface area (Å²) < 4.78 is 25.3. The Morgan fingerprint density at radius 2 is 2.04 bits per heavy atom. The number of hydrogen-bond donors (Lipinski definition) is 1. The molecule has 1 N–H and O–H groups in total. The molecule has 25 heavy (non-hydrogen) atoms. The Morgan fingerprint density at radius 3 is 2.72 bits per heavy atom. The highest BCUT2D eigenvalue weighted by Crippen LogP contribution is 2.34. The number of carbonyl (C=O) groups excluding carboxylic acids is 1. The van der Waals surface area contributed by atoms with Crippen molar-refractivity contribution >= 4 is 33.2 Å². The van der Waals surface area contributed by atoms with Crippen molar-refractivity contribution in [1.29, 1.82) is 0 Å². The monoisotopic (exact) mass is 378 g/mol. The van der Waals surface area contributed by atoms with E-state index in [-0.39, 0.29) is 11.9 Å². The molecule has 7 heteroatoms. The quantitative estimate of drug-likeness (QED) is 0.889. The Morgan fingerprint density at radius 1 is 1.28 bits per heavy atom. The van der Waals surface area contributed by atoms with Crippen LogP contribution in [-0.4, -0.2) is 26.6 Å². The molecule has 5 nitrogen and oxygen atoms in total. The maximum atomic E-state index is 12.4. The van der Waals surface area contributed by atoms with Gasteiger partial charge in [0.05, 0.1) is 11.9 Å². The molecular weight excluding hydrogens is 360 g/mol. The van der Waals surface area contributed by atoms with Crippen LogP contribution >= 0.6 is 11.6 Å². The number of benzene rings is 2. The van der Waals surface area contributed by atoms with E-state index in [9.17, 15) is 13.2 Å². The molecule has 0 aromatic heterocycles. The predicted molar refractivity (Wildman–Crippen MR) is 99.6 cm³/mol. The molecule has 1 aliphatic rings. The molecule has 0 saturated heterocycles. The van der Waals surface area contributed by atoms with Gasteiger partial charge in [-0.05, 0) is 54.8 Å². The zero-order chi connectivity index (χ0) is 18.2.